The summed E-state index contributed by atoms with van der Waals surface area (Å²) in [5.74, 6) is 0.252. The quantitative estimate of drug-likeness (QED) is 0.809. The number of amides is 1. The van der Waals surface area contributed by atoms with Crippen molar-refractivity contribution in [3.8, 4) is 5.75 Å². The molecule has 0 bridgehead atoms. The number of carbonyl (C=O) groups excluding carboxylic acids is 1. The van der Waals surface area contributed by atoms with Crippen LogP contribution < -0.4 is 15.4 Å². The molecule has 132 valence electrons. The van der Waals surface area contributed by atoms with Gasteiger partial charge >= 0.3 is 0 Å². The fraction of sp³-hybridized carbons (Fsp3) is 0.368. The second-order valence-corrected chi connectivity index (χ2v) is 6.64. The topological polar surface area (TPSA) is 63.2 Å². The summed E-state index contributed by atoms with van der Waals surface area (Å²) >= 11 is 6.00. The minimum Gasteiger partial charge on any atom is -0.495 e. The Bertz CT molecular complexity index is 745. The number of carbonyl (C=O) groups is 1. The van der Waals surface area contributed by atoms with Crippen molar-refractivity contribution in [2.24, 2.45) is 0 Å². The Balaban J connectivity index is 1.72. The first kappa shape index (κ1) is 17.5. The van der Waals surface area contributed by atoms with Crippen LogP contribution in [0.1, 0.15) is 42.6 Å². The Labute approximate surface area is 152 Å². The van der Waals surface area contributed by atoms with Crippen molar-refractivity contribution in [3.63, 3.8) is 0 Å². The average molecular weight is 360 g/mol. The average Bonchev–Trinajstić information content (AvgIpc) is 2.63. The van der Waals surface area contributed by atoms with Crippen LogP contribution in [0.5, 0.6) is 5.75 Å². The second kappa shape index (κ2) is 8.21. The maximum Gasteiger partial charge on any atom is 0.274 e. The molecule has 0 atom stereocenters. The standard InChI is InChI=1S/C19H22ClN3O2/c1-25-18-8-7-13(20)11-16(18)23-19(24)17-12-15(9-10-21-17)22-14-5-3-2-4-6-14/h7-12,14H,2-6H2,1H3,(H,21,22)(H,23,24). The number of halogens is 1. The van der Waals surface area contributed by atoms with E-state index >= 15 is 0 Å². The van der Waals surface area contributed by atoms with Crippen molar-refractivity contribution in [2.75, 3.05) is 17.7 Å². The van der Waals surface area contributed by atoms with E-state index in [0.717, 1.165) is 5.69 Å². The lowest BCUT2D eigenvalue weighted by Crippen LogP contribution is -2.22. The molecule has 2 aromatic rings. The number of hydrogen-bond acceptors (Lipinski definition) is 4. The number of ether oxygens (including phenoxy) is 1. The Morgan fingerprint density at radius 3 is 2.76 bits per heavy atom. The Morgan fingerprint density at radius 1 is 1.20 bits per heavy atom. The summed E-state index contributed by atoms with van der Waals surface area (Å²) in [6, 6.07) is 9.23. The van der Waals surface area contributed by atoms with E-state index in [1.54, 1.807) is 37.6 Å². The van der Waals surface area contributed by atoms with Crippen LogP contribution in [0.3, 0.4) is 0 Å². The number of pyridine rings is 1. The predicted octanol–water partition coefficient (Wildman–Crippen LogP) is 4.74. The zero-order chi connectivity index (χ0) is 17.6. The van der Waals surface area contributed by atoms with Crippen LogP contribution in [-0.4, -0.2) is 24.0 Å². The number of aromatic nitrogens is 1. The van der Waals surface area contributed by atoms with E-state index in [4.69, 9.17) is 16.3 Å². The summed E-state index contributed by atoms with van der Waals surface area (Å²) < 4.78 is 5.26. The Morgan fingerprint density at radius 2 is 2.00 bits per heavy atom. The monoisotopic (exact) mass is 359 g/mol. The molecule has 1 aliphatic carbocycles. The highest BCUT2D eigenvalue weighted by Crippen LogP contribution is 2.28. The molecule has 1 amide bonds. The van der Waals surface area contributed by atoms with Crippen LogP contribution in [0.4, 0.5) is 11.4 Å². The van der Waals surface area contributed by atoms with Crippen molar-refractivity contribution < 1.29 is 9.53 Å². The van der Waals surface area contributed by atoms with Crippen molar-refractivity contribution in [3.05, 3.63) is 47.2 Å². The second-order valence-electron chi connectivity index (χ2n) is 6.21. The van der Waals surface area contributed by atoms with Gasteiger partial charge in [0.15, 0.2) is 0 Å². The minimum atomic E-state index is -0.298. The zero-order valence-corrected chi connectivity index (χ0v) is 15.0. The van der Waals surface area contributed by atoms with Crippen molar-refractivity contribution in [1.29, 1.82) is 0 Å². The summed E-state index contributed by atoms with van der Waals surface area (Å²) in [6.07, 6.45) is 7.81. The molecular formula is C19H22ClN3O2. The lowest BCUT2D eigenvalue weighted by molar-refractivity contribution is 0.102. The molecule has 0 aliphatic heterocycles. The van der Waals surface area contributed by atoms with Gasteiger partial charge < -0.3 is 15.4 Å². The summed E-state index contributed by atoms with van der Waals surface area (Å²) in [6.45, 7) is 0. The Kier molecular flexibility index (Phi) is 5.76. The molecule has 2 N–H and O–H groups in total. The van der Waals surface area contributed by atoms with Gasteiger partial charge in [0.25, 0.3) is 5.91 Å². The molecule has 0 saturated heterocycles. The molecule has 0 unspecified atom stereocenters. The van der Waals surface area contributed by atoms with E-state index in [2.05, 4.69) is 15.6 Å². The molecule has 1 aromatic heterocycles. The number of hydrogen-bond donors (Lipinski definition) is 2. The SMILES string of the molecule is COc1ccc(Cl)cc1NC(=O)c1cc(NC2CCCCC2)ccn1. The summed E-state index contributed by atoms with van der Waals surface area (Å²) in [5.41, 5.74) is 1.79. The maximum absolute atomic E-state index is 12.5. The first-order valence-corrected chi connectivity index (χ1v) is 8.91. The normalized spacial score (nSPS) is 14.8. The molecule has 1 aliphatic rings. The minimum absolute atomic E-state index is 0.298. The van der Waals surface area contributed by atoms with E-state index < -0.39 is 0 Å². The summed E-state index contributed by atoms with van der Waals surface area (Å²) in [7, 11) is 1.55. The van der Waals surface area contributed by atoms with Crippen LogP contribution >= 0.6 is 11.6 Å². The van der Waals surface area contributed by atoms with Gasteiger partial charge in [-0.3, -0.25) is 9.78 Å². The molecule has 3 rings (SSSR count). The predicted molar refractivity (Wildman–Crippen MR) is 101 cm³/mol. The molecule has 25 heavy (non-hydrogen) atoms. The van der Waals surface area contributed by atoms with Gasteiger partial charge in [-0.2, -0.15) is 0 Å². The first-order valence-electron chi connectivity index (χ1n) is 8.53. The zero-order valence-electron chi connectivity index (χ0n) is 14.2. The molecule has 5 nitrogen and oxygen atoms in total. The Hall–Kier alpha value is -2.27. The molecule has 1 aromatic carbocycles. The molecule has 6 heteroatoms. The van der Waals surface area contributed by atoms with Crippen molar-refractivity contribution in [2.45, 2.75) is 38.1 Å². The lowest BCUT2D eigenvalue weighted by atomic mass is 9.95. The van der Waals surface area contributed by atoms with Gasteiger partial charge in [0.2, 0.25) is 0 Å². The van der Waals surface area contributed by atoms with Gasteiger partial charge in [0.05, 0.1) is 12.8 Å². The van der Waals surface area contributed by atoms with Gasteiger partial charge in [0, 0.05) is 22.9 Å². The van der Waals surface area contributed by atoms with Crippen LogP contribution in [0.2, 0.25) is 5.02 Å². The van der Waals surface area contributed by atoms with Crippen LogP contribution in [0.25, 0.3) is 0 Å². The van der Waals surface area contributed by atoms with Gasteiger partial charge in [-0.25, -0.2) is 0 Å². The van der Waals surface area contributed by atoms with Crippen LogP contribution in [0, 0.1) is 0 Å². The van der Waals surface area contributed by atoms with E-state index in [0.29, 0.717) is 28.2 Å². The van der Waals surface area contributed by atoms with Crippen LogP contribution in [0.15, 0.2) is 36.5 Å². The van der Waals surface area contributed by atoms with Crippen molar-refractivity contribution in [1.82, 2.24) is 4.98 Å². The van der Waals surface area contributed by atoms with Gasteiger partial charge in [-0.15, -0.1) is 0 Å². The molecule has 0 radical (unpaired) electrons. The third kappa shape index (κ3) is 4.63. The summed E-state index contributed by atoms with van der Waals surface area (Å²) in [5, 5.41) is 6.84. The van der Waals surface area contributed by atoms with E-state index in [1.165, 1.54) is 32.1 Å². The highest BCUT2D eigenvalue weighted by Gasteiger charge is 2.15. The molecule has 1 saturated carbocycles. The first-order chi connectivity index (χ1) is 12.2. The number of benzene rings is 1. The highest BCUT2D eigenvalue weighted by atomic mass is 35.5. The number of anilines is 2. The summed E-state index contributed by atoms with van der Waals surface area (Å²) in [4.78, 5) is 16.7. The third-order valence-corrected chi connectivity index (χ3v) is 4.61. The number of methoxy groups -OCH3 is 1. The molecule has 1 heterocycles. The fourth-order valence-corrected chi connectivity index (χ4v) is 3.26. The van der Waals surface area contributed by atoms with E-state index in [9.17, 15) is 4.79 Å². The molecule has 0 spiro atoms. The fourth-order valence-electron chi connectivity index (χ4n) is 3.09. The number of rotatable bonds is 5. The highest BCUT2D eigenvalue weighted by molar-refractivity contribution is 6.31. The maximum atomic E-state index is 12.5. The van der Waals surface area contributed by atoms with Crippen LogP contribution in [-0.2, 0) is 0 Å². The van der Waals surface area contributed by atoms with Gasteiger partial charge in [-0.1, -0.05) is 30.9 Å². The van der Waals surface area contributed by atoms with Crippen molar-refractivity contribution >= 4 is 28.9 Å². The number of nitrogens with one attached hydrogen (secondary N) is 2. The van der Waals surface area contributed by atoms with Gasteiger partial charge in [-0.05, 0) is 43.2 Å². The third-order valence-electron chi connectivity index (χ3n) is 4.38. The smallest absolute Gasteiger partial charge is 0.274 e. The van der Waals surface area contributed by atoms with E-state index in [1.807, 2.05) is 6.07 Å². The molecule has 1 fully saturated rings. The number of nitrogens with zero attached hydrogens (tertiary/aromatic N) is 1. The largest absolute Gasteiger partial charge is 0.495 e. The lowest BCUT2D eigenvalue weighted by Gasteiger charge is -2.23. The molecular weight excluding hydrogens is 338 g/mol. The van der Waals surface area contributed by atoms with E-state index in [-0.39, 0.29) is 5.91 Å². The van der Waals surface area contributed by atoms with Gasteiger partial charge in [0.1, 0.15) is 11.4 Å².